The number of thiophene rings is 1. The first-order valence-corrected chi connectivity index (χ1v) is 8.66. The zero-order chi connectivity index (χ0) is 16.8. The lowest BCUT2D eigenvalue weighted by Gasteiger charge is -2.26. The fraction of sp³-hybridized carbons (Fsp3) is 0.294. The number of rotatable bonds is 3. The average Bonchev–Trinajstić information content (AvgIpc) is 2.95. The fourth-order valence-corrected chi connectivity index (χ4v) is 3.90. The Hall–Kier alpha value is -2.54. The number of aromatic nitrogens is 1. The van der Waals surface area contributed by atoms with Gasteiger partial charge in [-0.25, -0.2) is 14.8 Å². The average molecular weight is 340 g/mol. The Bertz CT molecular complexity index is 993. The highest BCUT2D eigenvalue weighted by Gasteiger charge is 2.30. The molecule has 0 atom stereocenters. The van der Waals surface area contributed by atoms with Gasteiger partial charge in [0.25, 0.3) is 0 Å². The van der Waals surface area contributed by atoms with E-state index < -0.39 is 0 Å². The van der Waals surface area contributed by atoms with Gasteiger partial charge in [0.15, 0.2) is 0 Å². The quantitative estimate of drug-likeness (QED) is 0.639. The van der Waals surface area contributed by atoms with E-state index >= 15 is 0 Å². The third-order valence-corrected chi connectivity index (χ3v) is 4.96. The number of carbonyl (C=O) groups excluding carboxylic acids is 1. The van der Waals surface area contributed by atoms with Crippen LogP contribution in [0.5, 0.6) is 0 Å². The Morgan fingerprint density at radius 1 is 1.33 bits per heavy atom. The number of esters is 1. The van der Waals surface area contributed by atoms with Crippen molar-refractivity contribution in [2.24, 2.45) is 10.3 Å². The highest BCUT2D eigenvalue weighted by Crippen LogP contribution is 2.48. The molecule has 2 aromatic heterocycles. The molecule has 1 aromatic carbocycles. The Morgan fingerprint density at radius 3 is 2.88 bits per heavy atom. The molecule has 3 aromatic rings. The fourth-order valence-electron chi connectivity index (χ4n) is 2.89. The summed E-state index contributed by atoms with van der Waals surface area (Å²) in [6.07, 6.45) is 0. The summed E-state index contributed by atoms with van der Waals surface area (Å²) in [7, 11) is 0. The van der Waals surface area contributed by atoms with Crippen LogP contribution in [0, 0.1) is 0 Å². The smallest absolute Gasteiger partial charge is 0.350 e. The predicted octanol–water partition coefficient (Wildman–Crippen LogP) is 4.85. The van der Waals surface area contributed by atoms with Gasteiger partial charge in [0.05, 0.1) is 23.2 Å². The molecule has 0 radical (unpaired) electrons. The van der Waals surface area contributed by atoms with E-state index in [2.05, 4.69) is 24.2 Å². The van der Waals surface area contributed by atoms with Crippen LogP contribution in [0.15, 0.2) is 34.6 Å². The number of hydrogen-bond donors (Lipinski definition) is 0. The topological polar surface area (TPSA) is 67.1 Å². The lowest BCUT2D eigenvalue weighted by atomic mass is 10.1. The molecular weight excluding hydrogens is 324 g/mol. The molecule has 0 bridgehead atoms. The number of carbonyl (C=O) groups is 1. The molecule has 0 aliphatic carbocycles. The van der Waals surface area contributed by atoms with Gasteiger partial charge in [0, 0.05) is 11.4 Å². The summed E-state index contributed by atoms with van der Waals surface area (Å²) < 4.78 is 5.16. The normalized spacial score (nSPS) is 13.2. The molecule has 0 saturated carbocycles. The third-order valence-electron chi connectivity index (χ3n) is 3.90. The second kappa shape index (κ2) is 5.52. The van der Waals surface area contributed by atoms with Crippen LogP contribution >= 0.6 is 11.3 Å². The number of pyridine rings is 1. The molecule has 1 aliphatic rings. The van der Waals surface area contributed by atoms with Gasteiger partial charge < -0.3 is 4.74 Å². The van der Waals surface area contributed by atoms with E-state index in [0.717, 1.165) is 26.8 Å². The van der Waals surface area contributed by atoms with Gasteiger partial charge >= 0.3 is 5.97 Å². The van der Waals surface area contributed by atoms with E-state index in [1.165, 1.54) is 11.3 Å². The molecule has 0 amide bonds. The van der Waals surface area contributed by atoms with Gasteiger partial charge in [0.1, 0.15) is 15.4 Å². The zero-order valence-corrected chi connectivity index (χ0v) is 14.4. The molecule has 122 valence electrons. The van der Waals surface area contributed by atoms with Crippen LogP contribution in [0.3, 0.4) is 0 Å². The molecule has 3 heterocycles. The second-order valence-corrected chi connectivity index (χ2v) is 6.78. The van der Waals surface area contributed by atoms with Crippen LogP contribution in [0.1, 0.15) is 30.4 Å². The second-order valence-electron chi connectivity index (χ2n) is 5.79. The van der Waals surface area contributed by atoms with Crippen LogP contribution in [-0.2, 0) is 4.74 Å². The number of nitrogens with zero attached hydrogens (tertiary/aromatic N) is 4. The number of benzene rings is 1. The molecular formula is C17H16N4O2S. The summed E-state index contributed by atoms with van der Waals surface area (Å²) in [6.45, 7) is 6.23. The minimum atomic E-state index is -0.373. The summed E-state index contributed by atoms with van der Waals surface area (Å²) in [6, 6.07) is 8.08. The highest BCUT2D eigenvalue weighted by molar-refractivity contribution is 7.21. The van der Waals surface area contributed by atoms with Crippen LogP contribution < -0.4 is 5.01 Å². The van der Waals surface area contributed by atoms with Crippen molar-refractivity contribution < 1.29 is 9.53 Å². The summed E-state index contributed by atoms with van der Waals surface area (Å²) in [4.78, 5) is 18.2. The largest absolute Gasteiger partial charge is 0.462 e. The maximum Gasteiger partial charge on any atom is 0.350 e. The maximum atomic E-state index is 12.3. The van der Waals surface area contributed by atoms with Crippen molar-refractivity contribution in [3.63, 3.8) is 0 Å². The Morgan fingerprint density at radius 2 is 2.12 bits per heavy atom. The van der Waals surface area contributed by atoms with Gasteiger partial charge in [0.2, 0.25) is 0 Å². The molecule has 1 aliphatic heterocycles. The molecule has 6 nitrogen and oxygen atoms in total. The van der Waals surface area contributed by atoms with Crippen molar-refractivity contribution in [3.05, 3.63) is 29.1 Å². The highest BCUT2D eigenvalue weighted by atomic mass is 32.1. The number of ether oxygens (including phenoxy) is 1. The summed E-state index contributed by atoms with van der Waals surface area (Å²) in [5, 5.41) is 12.4. The third kappa shape index (κ3) is 2.08. The van der Waals surface area contributed by atoms with Crippen molar-refractivity contribution in [2.75, 3.05) is 11.6 Å². The zero-order valence-electron chi connectivity index (χ0n) is 13.6. The molecule has 24 heavy (non-hydrogen) atoms. The van der Waals surface area contributed by atoms with Crippen LogP contribution in [-0.4, -0.2) is 23.6 Å². The number of hydrogen-bond acceptors (Lipinski definition) is 7. The Balaban J connectivity index is 2.10. The number of anilines is 1. The summed E-state index contributed by atoms with van der Waals surface area (Å²) in [5.41, 5.74) is 2.41. The molecule has 0 spiro atoms. The van der Waals surface area contributed by atoms with Gasteiger partial charge in [-0.05, 0) is 26.8 Å². The van der Waals surface area contributed by atoms with E-state index in [0.29, 0.717) is 17.2 Å². The van der Waals surface area contributed by atoms with E-state index in [4.69, 9.17) is 9.72 Å². The van der Waals surface area contributed by atoms with Crippen LogP contribution in [0.4, 0.5) is 11.4 Å². The Labute approximate surface area is 142 Å². The number of para-hydroxylation sites is 1. The van der Waals surface area contributed by atoms with Gasteiger partial charge in [-0.2, -0.15) is 0 Å². The monoisotopic (exact) mass is 340 g/mol. The first-order valence-electron chi connectivity index (χ1n) is 7.85. The summed E-state index contributed by atoms with van der Waals surface area (Å²) >= 11 is 1.31. The minimum absolute atomic E-state index is 0.141. The van der Waals surface area contributed by atoms with E-state index in [9.17, 15) is 4.79 Å². The van der Waals surface area contributed by atoms with Crippen LogP contribution in [0.2, 0.25) is 0 Å². The standard InChI is InChI=1S/C17H16N4O2S/c1-4-23-17(22)15-13-12-14(21(9(2)3)20-19-13)10-7-5-6-8-11(10)18-16(12)24-15/h5-9H,4H2,1-3H3. The van der Waals surface area contributed by atoms with Gasteiger partial charge in [-0.1, -0.05) is 23.4 Å². The molecule has 7 heteroatoms. The van der Waals surface area contributed by atoms with E-state index in [-0.39, 0.29) is 12.0 Å². The maximum absolute atomic E-state index is 12.3. The molecule has 0 fully saturated rings. The molecule has 0 N–H and O–H groups in total. The lowest BCUT2D eigenvalue weighted by molar-refractivity contribution is 0.0533. The van der Waals surface area contributed by atoms with E-state index in [1.54, 1.807) is 6.92 Å². The van der Waals surface area contributed by atoms with Gasteiger partial charge in [-0.15, -0.1) is 16.5 Å². The van der Waals surface area contributed by atoms with Crippen molar-refractivity contribution in [3.8, 4) is 0 Å². The SMILES string of the molecule is CCOC(=O)c1sc2nc3ccccc3c3c2c1N=NN3C(C)C. The lowest BCUT2D eigenvalue weighted by Crippen LogP contribution is -2.26. The first-order chi connectivity index (χ1) is 11.6. The van der Waals surface area contributed by atoms with Crippen molar-refractivity contribution >= 4 is 49.8 Å². The van der Waals surface area contributed by atoms with Gasteiger partial charge in [-0.3, -0.25) is 0 Å². The van der Waals surface area contributed by atoms with Crippen molar-refractivity contribution in [2.45, 2.75) is 26.8 Å². The molecule has 4 rings (SSSR count). The van der Waals surface area contributed by atoms with Crippen molar-refractivity contribution in [1.82, 2.24) is 4.98 Å². The van der Waals surface area contributed by atoms with Crippen molar-refractivity contribution in [1.29, 1.82) is 0 Å². The minimum Gasteiger partial charge on any atom is -0.462 e. The number of fused-ring (bicyclic) bond motifs is 2. The van der Waals surface area contributed by atoms with Crippen LogP contribution in [0.25, 0.3) is 21.1 Å². The molecule has 0 saturated heterocycles. The summed E-state index contributed by atoms with van der Waals surface area (Å²) in [5.74, 6) is -0.373. The van der Waals surface area contributed by atoms with E-state index in [1.807, 2.05) is 29.3 Å². The first kappa shape index (κ1) is 15.0. The molecule has 0 unspecified atom stereocenters. The predicted molar refractivity (Wildman–Crippen MR) is 95.2 cm³/mol. The Kier molecular flexibility index (Phi) is 3.45.